The minimum atomic E-state index is 0.586. The molecule has 0 amide bonds. The molecule has 7 heteroatoms. The number of halogens is 2. The number of fused-ring (bicyclic) bond motifs is 1. The summed E-state index contributed by atoms with van der Waals surface area (Å²) in [5.74, 6) is 0.637. The molecule has 0 aliphatic heterocycles. The van der Waals surface area contributed by atoms with E-state index < -0.39 is 0 Å². The van der Waals surface area contributed by atoms with Crippen LogP contribution >= 0.6 is 38.9 Å². The Morgan fingerprint density at radius 2 is 2.35 bits per heavy atom. The van der Waals surface area contributed by atoms with E-state index >= 15 is 0 Å². The second kappa shape index (κ2) is 5.63. The quantitative estimate of drug-likeness (QED) is 0.736. The zero-order valence-corrected chi connectivity index (χ0v) is 13.7. The maximum Gasteiger partial charge on any atom is 0.238 e. The lowest BCUT2D eigenvalue weighted by Crippen LogP contribution is -2.04. The minimum absolute atomic E-state index is 0.586. The lowest BCUT2D eigenvalue weighted by atomic mass is 10.3. The van der Waals surface area contributed by atoms with Gasteiger partial charge in [-0.05, 0) is 18.2 Å². The molecule has 3 rings (SSSR count). The van der Waals surface area contributed by atoms with Gasteiger partial charge in [-0.2, -0.15) is 4.98 Å². The average Bonchev–Trinajstić information content (AvgIpc) is 2.98. The maximum absolute atomic E-state index is 6.20. The van der Waals surface area contributed by atoms with E-state index in [1.165, 1.54) is 0 Å². The van der Waals surface area contributed by atoms with Gasteiger partial charge in [-0.25, -0.2) is 0 Å². The molecule has 0 radical (unpaired) electrons. The molecule has 1 aromatic carbocycles. The first-order chi connectivity index (χ1) is 9.69. The van der Waals surface area contributed by atoms with Gasteiger partial charge in [0.2, 0.25) is 5.88 Å². The van der Waals surface area contributed by atoms with Crippen LogP contribution in [0.15, 0.2) is 34.2 Å². The van der Waals surface area contributed by atoms with Crippen LogP contribution in [0.3, 0.4) is 0 Å². The van der Waals surface area contributed by atoms with Crippen molar-refractivity contribution in [2.24, 2.45) is 0 Å². The Morgan fingerprint density at radius 3 is 3.10 bits per heavy atom. The summed E-state index contributed by atoms with van der Waals surface area (Å²) in [5, 5.41) is 5.98. The molecule has 0 saturated heterocycles. The summed E-state index contributed by atoms with van der Waals surface area (Å²) in [7, 11) is 1.63. The number of anilines is 1. The summed E-state index contributed by atoms with van der Waals surface area (Å²) in [6.45, 7) is 0.586. The molecule has 0 spiro atoms. The van der Waals surface area contributed by atoms with E-state index in [1.807, 2.05) is 34.2 Å². The van der Waals surface area contributed by atoms with E-state index in [9.17, 15) is 0 Å². The number of benzene rings is 1. The van der Waals surface area contributed by atoms with Crippen LogP contribution in [0.2, 0.25) is 5.02 Å². The third-order valence-electron chi connectivity index (χ3n) is 2.90. The molecule has 0 bridgehead atoms. The van der Waals surface area contributed by atoms with E-state index in [0.717, 1.165) is 20.8 Å². The number of ether oxygens (including phenoxy) is 1. The highest BCUT2D eigenvalue weighted by Gasteiger charge is 2.13. The van der Waals surface area contributed by atoms with Gasteiger partial charge in [0.25, 0.3) is 0 Å². The van der Waals surface area contributed by atoms with E-state index in [4.69, 9.17) is 16.3 Å². The Kier molecular flexibility index (Phi) is 3.87. The van der Waals surface area contributed by atoms with Gasteiger partial charge in [0, 0.05) is 16.0 Å². The highest BCUT2D eigenvalue weighted by Crippen LogP contribution is 2.28. The molecule has 0 fully saturated rings. The van der Waals surface area contributed by atoms with Crippen LogP contribution in [-0.4, -0.2) is 16.5 Å². The molecular weight excluding hydrogens is 362 g/mol. The number of thiazole rings is 1. The van der Waals surface area contributed by atoms with Gasteiger partial charge in [0.05, 0.1) is 24.4 Å². The van der Waals surface area contributed by atoms with Gasteiger partial charge in [0.1, 0.15) is 5.69 Å². The molecule has 0 aliphatic rings. The highest BCUT2D eigenvalue weighted by atomic mass is 79.9. The predicted molar refractivity (Wildman–Crippen MR) is 86.1 cm³/mol. The van der Waals surface area contributed by atoms with Crippen molar-refractivity contribution in [3.05, 3.63) is 45.0 Å². The topological polar surface area (TPSA) is 38.6 Å². The second-order valence-electron chi connectivity index (χ2n) is 4.10. The van der Waals surface area contributed by atoms with Crippen molar-refractivity contribution in [2.45, 2.75) is 6.54 Å². The Labute approximate surface area is 133 Å². The highest BCUT2D eigenvalue weighted by molar-refractivity contribution is 9.10. The van der Waals surface area contributed by atoms with Crippen LogP contribution in [0.1, 0.15) is 5.69 Å². The fourth-order valence-electron chi connectivity index (χ4n) is 1.95. The molecule has 3 aromatic rings. The van der Waals surface area contributed by atoms with E-state index in [-0.39, 0.29) is 0 Å². The lowest BCUT2D eigenvalue weighted by molar-refractivity contribution is 0.395. The molecule has 2 heterocycles. The van der Waals surface area contributed by atoms with Gasteiger partial charge >= 0.3 is 0 Å². The van der Waals surface area contributed by atoms with Gasteiger partial charge in [-0.1, -0.05) is 27.5 Å². The summed E-state index contributed by atoms with van der Waals surface area (Å²) in [5.41, 5.74) is 1.85. The number of hydrogen-bond acceptors (Lipinski definition) is 4. The molecule has 0 atom stereocenters. The summed E-state index contributed by atoms with van der Waals surface area (Å²) >= 11 is 11.2. The van der Waals surface area contributed by atoms with E-state index in [2.05, 4.69) is 26.2 Å². The molecule has 104 valence electrons. The van der Waals surface area contributed by atoms with Crippen molar-refractivity contribution in [3.8, 4) is 5.88 Å². The Balaban J connectivity index is 1.87. The Bertz CT molecular complexity index is 755. The first-order valence-electron chi connectivity index (χ1n) is 5.86. The van der Waals surface area contributed by atoms with E-state index in [0.29, 0.717) is 17.4 Å². The van der Waals surface area contributed by atoms with Crippen molar-refractivity contribution in [1.29, 1.82) is 0 Å². The first-order valence-corrected chi connectivity index (χ1v) is 7.91. The Morgan fingerprint density at radius 1 is 1.50 bits per heavy atom. The molecule has 1 N–H and O–H groups in total. The first kappa shape index (κ1) is 13.7. The van der Waals surface area contributed by atoms with Crippen molar-refractivity contribution >= 4 is 49.5 Å². The average molecular weight is 373 g/mol. The summed E-state index contributed by atoms with van der Waals surface area (Å²) < 4.78 is 8.29. The fraction of sp³-hybridized carbons (Fsp3) is 0.154. The number of rotatable bonds is 4. The minimum Gasteiger partial charge on any atom is -0.480 e. The zero-order chi connectivity index (χ0) is 14.1. The van der Waals surface area contributed by atoms with Crippen LogP contribution in [-0.2, 0) is 6.54 Å². The third-order valence-corrected chi connectivity index (χ3v) is 4.46. The molecule has 0 unspecified atom stereocenters. The summed E-state index contributed by atoms with van der Waals surface area (Å²) in [4.78, 5) is 5.34. The van der Waals surface area contributed by atoms with Crippen LogP contribution in [0.5, 0.6) is 5.88 Å². The van der Waals surface area contributed by atoms with Crippen molar-refractivity contribution in [1.82, 2.24) is 9.38 Å². The molecule has 0 aliphatic carbocycles. The largest absolute Gasteiger partial charge is 0.480 e. The van der Waals surface area contributed by atoms with Crippen molar-refractivity contribution < 1.29 is 4.74 Å². The molecule has 2 aromatic heterocycles. The van der Waals surface area contributed by atoms with E-state index in [1.54, 1.807) is 18.4 Å². The Hall–Kier alpha value is -1.24. The van der Waals surface area contributed by atoms with Crippen molar-refractivity contribution in [2.75, 3.05) is 12.4 Å². The van der Waals surface area contributed by atoms with Crippen molar-refractivity contribution in [3.63, 3.8) is 0 Å². The fourth-order valence-corrected chi connectivity index (χ4v) is 3.41. The van der Waals surface area contributed by atoms with Gasteiger partial charge in [0.15, 0.2) is 4.96 Å². The number of hydrogen-bond donors (Lipinski definition) is 1. The van der Waals surface area contributed by atoms with Gasteiger partial charge < -0.3 is 10.1 Å². The van der Waals surface area contributed by atoms with Crippen LogP contribution in [0, 0.1) is 0 Å². The van der Waals surface area contributed by atoms with Crippen LogP contribution in [0.4, 0.5) is 5.69 Å². The molecule has 20 heavy (non-hydrogen) atoms. The number of nitrogens with one attached hydrogen (secondary N) is 1. The second-order valence-corrected chi connectivity index (χ2v) is 6.30. The summed E-state index contributed by atoms with van der Waals surface area (Å²) in [6.07, 6.45) is 1.98. The standard InChI is InChI=1S/C13H11BrClN3OS/c1-19-12-11(18-4-5-20-13(18)17-12)7-16-10-3-2-8(14)6-9(10)15/h2-6,16H,7H2,1H3. The zero-order valence-electron chi connectivity index (χ0n) is 10.6. The maximum atomic E-state index is 6.20. The number of imidazole rings is 1. The molecular formula is C13H11BrClN3OS. The number of nitrogens with zero attached hydrogens (tertiary/aromatic N) is 2. The van der Waals surface area contributed by atoms with Crippen LogP contribution in [0.25, 0.3) is 4.96 Å². The normalized spacial score (nSPS) is 10.9. The summed E-state index contributed by atoms with van der Waals surface area (Å²) in [6, 6.07) is 5.74. The predicted octanol–water partition coefficient (Wildman–Crippen LogP) is 4.43. The van der Waals surface area contributed by atoms with Gasteiger partial charge in [-0.15, -0.1) is 11.3 Å². The SMILES string of the molecule is COc1nc2sccn2c1CNc1ccc(Br)cc1Cl. The van der Waals surface area contributed by atoms with Gasteiger partial charge in [-0.3, -0.25) is 4.40 Å². The third kappa shape index (κ3) is 2.51. The monoisotopic (exact) mass is 371 g/mol. The number of aromatic nitrogens is 2. The number of methoxy groups -OCH3 is 1. The lowest BCUT2D eigenvalue weighted by Gasteiger charge is -2.09. The molecule has 4 nitrogen and oxygen atoms in total. The molecule has 0 saturated carbocycles. The van der Waals surface area contributed by atoms with Crippen LogP contribution < -0.4 is 10.1 Å². The smallest absolute Gasteiger partial charge is 0.238 e.